The molecule has 0 spiro atoms. The van der Waals surface area contributed by atoms with Gasteiger partial charge in [-0.15, -0.1) is 0 Å². The topological polar surface area (TPSA) is 86.1 Å². The maximum atomic E-state index is 12.2. The molecule has 21 heavy (non-hydrogen) atoms. The second kappa shape index (κ2) is 5.32. The van der Waals surface area contributed by atoms with Crippen LogP contribution in [-0.4, -0.2) is 16.1 Å². The van der Waals surface area contributed by atoms with Crippen molar-refractivity contribution in [3.05, 3.63) is 70.1 Å². The monoisotopic (exact) mass is 296 g/mol. The number of benzene rings is 2. The van der Waals surface area contributed by atoms with E-state index in [1.165, 1.54) is 0 Å². The minimum absolute atomic E-state index is 0.320. The van der Waals surface area contributed by atoms with Gasteiger partial charge in [-0.3, -0.25) is 9.59 Å². The van der Waals surface area contributed by atoms with Crippen molar-refractivity contribution >= 4 is 29.4 Å². The first kappa shape index (κ1) is 13.2. The Hall–Kier alpha value is -2.76. The molecule has 0 aromatic heterocycles. The highest BCUT2D eigenvalue weighted by Crippen LogP contribution is 2.33. The number of rotatable bonds is 3. The summed E-state index contributed by atoms with van der Waals surface area (Å²) < 4.78 is 1.13. The van der Waals surface area contributed by atoms with E-state index in [9.17, 15) is 9.59 Å². The molecule has 0 aliphatic carbocycles. The summed E-state index contributed by atoms with van der Waals surface area (Å²) >= 11 is 1.05. The number of carbonyl (C=O) groups is 2. The van der Waals surface area contributed by atoms with Crippen molar-refractivity contribution in [1.29, 1.82) is 0 Å². The van der Waals surface area contributed by atoms with E-state index < -0.39 is 0 Å². The molecule has 3 rings (SSSR count). The van der Waals surface area contributed by atoms with Crippen LogP contribution in [0.25, 0.3) is 10.4 Å². The standard InChI is InChI=1S/C14H8N4O2S/c15-17-16-9-5-7-10(8-6-9)21-18-13(19)11-3-1-2-4-12(11)14(18)20/h1-8H. The summed E-state index contributed by atoms with van der Waals surface area (Å²) in [5.41, 5.74) is 9.65. The molecule has 1 aliphatic rings. The summed E-state index contributed by atoms with van der Waals surface area (Å²) in [6, 6.07) is 13.4. The molecule has 6 nitrogen and oxygen atoms in total. The second-order valence-corrected chi connectivity index (χ2v) is 5.24. The largest absolute Gasteiger partial charge is 0.272 e. The molecule has 0 unspecified atom stereocenters. The van der Waals surface area contributed by atoms with Gasteiger partial charge in [-0.1, -0.05) is 29.4 Å². The van der Waals surface area contributed by atoms with E-state index in [0.717, 1.165) is 16.3 Å². The molecule has 7 heteroatoms. The van der Waals surface area contributed by atoms with E-state index in [-0.39, 0.29) is 11.8 Å². The quantitative estimate of drug-likeness (QED) is 0.283. The van der Waals surface area contributed by atoms with Crippen molar-refractivity contribution in [1.82, 2.24) is 4.31 Å². The van der Waals surface area contributed by atoms with Crippen LogP contribution in [0.2, 0.25) is 0 Å². The maximum Gasteiger partial charge on any atom is 0.272 e. The van der Waals surface area contributed by atoms with E-state index in [2.05, 4.69) is 10.0 Å². The number of amides is 2. The van der Waals surface area contributed by atoms with Gasteiger partial charge >= 0.3 is 0 Å². The first-order valence-electron chi connectivity index (χ1n) is 6.01. The van der Waals surface area contributed by atoms with Gasteiger partial charge < -0.3 is 0 Å². The van der Waals surface area contributed by atoms with E-state index in [1.807, 2.05) is 0 Å². The average molecular weight is 296 g/mol. The summed E-state index contributed by atoms with van der Waals surface area (Å²) in [5.74, 6) is -0.639. The number of hydrogen-bond acceptors (Lipinski definition) is 4. The molecule has 0 bridgehead atoms. The zero-order valence-corrected chi connectivity index (χ0v) is 11.4. The molecule has 102 valence electrons. The SMILES string of the molecule is [N-]=[N+]=Nc1ccc(SN2C(=O)c3ccccc3C2=O)cc1. The highest BCUT2D eigenvalue weighted by Gasteiger charge is 2.36. The summed E-state index contributed by atoms with van der Waals surface area (Å²) in [6.07, 6.45) is 0. The summed E-state index contributed by atoms with van der Waals surface area (Å²) in [4.78, 5) is 27.8. The van der Waals surface area contributed by atoms with E-state index in [4.69, 9.17) is 5.53 Å². The van der Waals surface area contributed by atoms with Crippen molar-refractivity contribution < 1.29 is 9.59 Å². The fraction of sp³-hybridized carbons (Fsp3) is 0. The third-order valence-electron chi connectivity index (χ3n) is 2.95. The Kier molecular flexibility index (Phi) is 3.35. The van der Waals surface area contributed by atoms with Gasteiger partial charge in [0.05, 0.1) is 11.1 Å². The van der Waals surface area contributed by atoms with Gasteiger partial charge in [-0.25, -0.2) is 4.31 Å². The molecule has 1 aliphatic heterocycles. The van der Waals surface area contributed by atoms with Crippen LogP contribution in [0.5, 0.6) is 0 Å². The van der Waals surface area contributed by atoms with Gasteiger partial charge in [0.15, 0.2) is 0 Å². The number of hydrogen-bond donors (Lipinski definition) is 0. The van der Waals surface area contributed by atoms with Crippen LogP contribution in [0.15, 0.2) is 58.5 Å². The van der Waals surface area contributed by atoms with Crippen molar-refractivity contribution in [2.75, 3.05) is 0 Å². The lowest BCUT2D eigenvalue weighted by Gasteiger charge is -2.11. The van der Waals surface area contributed by atoms with Crippen molar-refractivity contribution in [3.8, 4) is 0 Å². The first-order valence-corrected chi connectivity index (χ1v) is 6.79. The Balaban J connectivity index is 1.85. The Bertz CT molecular complexity index is 747. The van der Waals surface area contributed by atoms with Crippen LogP contribution >= 0.6 is 11.9 Å². The number of carbonyl (C=O) groups excluding carboxylic acids is 2. The molecule has 0 fully saturated rings. The van der Waals surface area contributed by atoms with Crippen molar-refractivity contribution in [3.63, 3.8) is 0 Å². The smallest absolute Gasteiger partial charge is 0.268 e. The maximum absolute atomic E-state index is 12.2. The summed E-state index contributed by atoms with van der Waals surface area (Å²) in [5, 5.41) is 3.47. The molecule has 0 N–H and O–H groups in total. The Morgan fingerprint density at radius 1 is 0.952 bits per heavy atom. The van der Waals surface area contributed by atoms with Crippen LogP contribution < -0.4 is 0 Å². The van der Waals surface area contributed by atoms with Gasteiger partial charge in [0.2, 0.25) is 0 Å². The normalized spacial score (nSPS) is 13.0. The second-order valence-electron chi connectivity index (χ2n) is 4.22. The molecule has 2 amide bonds. The fourth-order valence-corrected chi connectivity index (χ4v) is 2.81. The van der Waals surface area contributed by atoms with E-state index >= 15 is 0 Å². The van der Waals surface area contributed by atoms with Crippen molar-refractivity contribution in [2.45, 2.75) is 4.90 Å². The van der Waals surface area contributed by atoms with E-state index in [0.29, 0.717) is 21.7 Å². The summed E-state index contributed by atoms with van der Waals surface area (Å²) in [7, 11) is 0. The Morgan fingerprint density at radius 2 is 1.52 bits per heavy atom. The number of imide groups is 1. The minimum atomic E-state index is -0.320. The van der Waals surface area contributed by atoms with Crippen LogP contribution in [-0.2, 0) is 0 Å². The van der Waals surface area contributed by atoms with Gasteiger partial charge in [0.1, 0.15) is 0 Å². The minimum Gasteiger partial charge on any atom is -0.268 e. The number of azide groups is 1. The molecular formula is C14H8N4O2S. The third kappa shape index (κ3) is 2.35. The predicted octanol–water partition coefficient (Wildman–Crippen LogP) is 3.93. The fourth-order valence-electron chi connectivity index (χ4n) is 1.98. The number of nitrogens with zero attached hydrogens (tertiary/aromatic N) is 4. The predicted molar refractivity (Wildman–Crippen MR) is 78.0 cm³/mol. The van der Waals surface area contributed by atoms with Crippen LogP contribution in [0.3, 0.4) is 0 Å². The molecule has 0 atom stereocenters. The van der Waals surface area contributed by atoms with Gasteiger partial charge in [0, 0.05) is 15.5 Å². The third-order valence-corrected chi connectivity index (χ3v) is 3.95. The molecule has 0 saturated heterocycles. The van der Waals surface area contributed by atoms with Gasteiger partial charge in [-0.05, 0) is 41.7 Å². The summed E-state index contributed by atoms with van der Waals surface area (Å²) in [6.45, 7) is 0. The van der Waals surface area contributed by atoms with Gasteiger partial charge in [0.25, 0.3) is 11.8 Å². The molecular weight excluding hydrogens is 288 g/mol. The molecule has 0 radical (unpaired) electrons. The zero-order valence-electron chi connectivity index (χ0n) is 10.6. The molecule has 2 aromatic carbocycles. The highest BCUT2D eigenvalue weighted by atomic mass is 32.2. The zero-order chi connectivity index (χ0) is 14.8. The van der Waals surface area contributed by atoms with Crippen LogP contribution in [0, 0.1) is 0 Å². The Labute approximate surface area is 124 Å². The van der Waals surface area contributed by atoms with Crippen LogP contribution in [0.1, 0.15) is 20.7 Å². The molecule has 1 heterocycles. The number of fused-ring (bicyclic) bond motifs is 1. The van der Waals surface area contributed by atoms with Crippen LogP contribution in [0.4, 0.5) is 5.69 Å². The molecule has 0 saturated carbocycles. The highest BCUT2D eigenvalue weighted by molar-refractivity contribution is 7.98. The lowest BCUT2D eigenvalue weighted by atomic mass is 10.1. The van der Waals surface area contributed by atoms with Crippen molar-refractivity contribution in [2.24, 2.45) is 5.11 Å². The first-order chi connectivity index (χ1) is 10.2. The molecule has 2 aromatic rings. The van der Waals surface area contributed by atoms with E-state index in [1.54, 1.807) is 48.5 Å². The lowest BCUT2D eigenvalue weighted by molar-refractivity contribution is 0.0777. The van der Waals surface area contributed by atoms with Gasteiger partial charge in [-0.2, -0.15) is 0 Å². The average Bonchev–Trinajstić information content (AvgIpc) is 2.75. The Morgan fingerprint density at radius 3 is 2.05 bits per heavy atom. The lowest BCUT2D eigenvalue weighted by Crippen LogP contribution is -2.21.